The Kier molecular flexibility index (Phi) is 11.0. The SMILES string of the molecule is C[C@H](CC(=O)N(C)[C@@H](CN[C@H](C)c1nccs1)C[C@@H](C)C(Cl)(Cl)Cl)C(Cl)(Cl)Cl. The monoisotopic (exact) mass is 529 g/mol. The first-order chi connectivity index (χ1) is 12.7. The number of halogens is 6. The number of carbonyl (C=O) groups excluding carboxylic acids is 1. The quantitative estimate of drug-likeness (QED) is 0.374. The van der Waals surface area contributed by atoms with Gasteiger partial charge in [0, 0.05) is 49.5 Å². The Hall–Kier alpha value is 0.800. The second-order valence-corrected chi connectivity index (χ2v) is 12.6. The number of carbonyl (C=O) groups is 1. The number of nitrogens with one attached hydrogen (secondary N) is 1. The van der Waals surface area contributed by atoms with Crippen molar-refractivity contribution in [3.05, 3.63) is 16.6 Å². The second-order valence-electron chi connectivity index (χ2n) is 6.98. The summed E-state index contributed by atoms with van der Waals surface area (Å²) < 4.78 is -2.93. The summed E-state index contributed by atoms with van der Waals surface area (Å²) >= 11 is 37.4. The maximum Gasteiger partial charge on any atom is 0.223 e. The number of amides is 1. The fraction of sp³-hybridized carbons (Fsp3) is 0.765. The molecule has 28 heavy (non-hydrogen) atoms. The van der Waals surface area contributed by atoms with Gasteiger partial charge < -0.3 is 10.2 Å². The molecule has 0 aliphatic heterocycles. The Balaban J connectivity index is 2.84. The number of thiazole rings is 1. The molecule has 1 aromatic rings. The molecule has 11 heteroatoms. The Morgan fingerprint density at radius 2 is 1.71 bits per heavy atom. The molecule has 0 radical (unpaired) electrons. The molecule has 0 saturated carbocycles. The second kappa shape index (κ2) is 11.4. The van der Waals surface area contributed by atoms with Gasteiger partial charge in [0.15, 0.2) is 7.59 Å². The highest BCUT2D eigenvalue weighted by molar-refractivity contribution is 7.09. The molecule has 0 spiro atoms. The molecule has 1 aromatic heterocycles. The van der Waals surface area contributed by atoms with Crippen LogP contribution in [0.2, 0.25) is 0 Å². The fourth-order valence-electron chi connectivity index (χ4n) is 2.49. The third-order valence-electron chi connectivity index (χ3n) is 4.65. The van der Waals surface area contributed by atoms with Crippen LogP contribution in [-0.2, 0) is 4.79 Å². The summed E-state index contributed by atoms with van der Waals surface area (Å²) in [6.07, 6.45) is 2.36. The first kappa shape index (κ1) is 26.8. The lowest BCUT2D eigenvalue weighted by Crippen LogP contribution is -2.46. The van der Waals surface area contributed by atoms with Gasteiger partial charge >= 0.3 is 0 Å². The molecule has 0 saturated heterocycles. The first-order valence-corrected chi connectivity index (χ1v) is 11.9. The Labute approximate surface area is 201 Å². The Bertz CT molecular complexity index is 605. The van der Waals surface area contributed by atoms with Crippen LogP contribution < -0.4 is 5.32 Å². The normalized spacial score (nSPS) is 17.1. The van der Waals surface area contributed by atoms with Gasteiger partial charge in [0.25, 0.3) is 0 Å². The van der Waals surface area contributed by atoms with Gasteiger partial charge in [0.2, 0.25) is 5.91 Å². The number of hydrogen-bond donors (Lipinski definition) is 1. The Morgan fingerprint density at radius 1 is 1.14 bits per heavy atom. The predicted octanol–water partition coefficient (Wildman–Crippen LogP) is 6.41. The highest BCUT2D eigenvalue weighted by Gasteiger charge is 2.35. The van der Waals surface area contributed by atoms with Gasteiger partial charge in [-0.15, -0.1) is 11.3 Å². The summed E-state index contributed by atoms with van der Waals surface area (Å²) in [5, 5.41) is 6.29. The van der Waals surface area contributed by atoms with Gasteiger partial charge in [-0.05, 0) is 13.3 Å². The number of aromatic nitrogens is 1. The van der Waals surface area contributed by atoms with E-state index in [1.807, 2.05) is 19.2 Å². The van der Waals surface area contributed by atoms with E-state index in [4.69, 9.17) is 69.6 Å². The molecule has 0 unspecified atom stereocenters. The van der Waals surface area contributed by atoms with Crippen LogP contribution in [0, 0.1) is 11.8 Å². The van der Waals surface area contributed by atoms with Crippen molar-refractivity contribution in [2.75, 3.05) is 13.6 Å². The van der Waals surface area contributed by atoms with E-state index in [0.29, 0.717) is 13.0 Å². The third-order valence-corrected chi connectivity index (χ3v) is 7.84. The highest BCUT2D eigenvalue weighted by atomic mass is 35.6. The first-order valence-electron chi connectivity index (χ1n) is 8.75. The topological polar surface area (TPSA) is 45.2 Å². The number of nitrogens with zero attached hydrogens (tertiary/aromatic N) is 2. The number of alkyl halides is 6. The van der Waals surface area contributed by atoms with Gasteiger partial charge in [-0.2, -0.15) is 0 Å². The van der Waals surface area contributed by atoms with Gasteiger partial charge in [-0.25, -0.2) is 4.98 Å². The summed E-state index contributed by atoms with van der Waals surface area (Å²) in [4.78, 5) is 18.7. The number of hydrogen-bond acceptors (Lipinski definition) is 4. The van der Waals surface area contributed by atoms with E-state index >= 15 is 0 Å². The van der Waals surface area contributed by atoms with Crippen molar-refractivity contribution in [2.24, 2.45) is 11.8 Å². The highest BCUT2D eigenvalue weighted by Crippen LogP contribution is 2.39. The summed E-state index contributed by atoms with van der Waals surface area (Å²) in [6, 6.07) is -0.169. The molecular formula is C17H25Cl6N3OS. The molecule has 0 fully saturated rings. The molecule has 0 aromatic carbocycles. The van der Waals surface area contributed by atoms with Crippen molar-refractivity contribution in [3.63, 3.8) is 0 Å². The van der Waals surface area contributed by atoms with Crippen molar-refractivity contribution in [3.8, 4) is 0 Å². The van der Waals surface area contributed by atoms with Crippen LogP contribution in [0.25, 0.3) is 0 Å². The van der Waals surface area contributed by atoms with Crippen molar-refractivity contribution in [1.29, 1.82) is 0 Å². The molecule has 1 rings (SSSR count). The van der Waals surface area contributed by atoms with Gasteiger partial charge in [-0.3, -0.25) is 4.79 Å². The maximum atomic E-state index is 12.8. The predicted molar refractivity (Wildman–Crippen MR) is 123 cm³/mol. The lowest BCUT2D eigenvalue weighted by molar-refractivity contribution is -0.133. The Morgan fingerprint density at radius 3 is 2.18 bits per heavy atom. The van der Waals surface area contributed by atoms with Crippen LogP contribution >= 0.6 is 80.9 Å². The van der Waals surface area contributed by atoms with E-state index in [9.17, 15) is 4.79 Å². The van der Waals surface area contributed by atoms with Crippen LogP contribution in [0.1, 0.15) is 44.7 Å². The number of likely N-dealkylation sites (N-methyl/N-ethyl adjacent to an activating group) is 1. The standard InChI is InChI=1S/C17H25Cl6N3OS/c1-10(16(18,19)20)7-13(9-25-12(3)15-24-5-6-28-15)26(4)14(27)8-11(2)17(21,22)23/h5-6,10-13,25H,7-9H2,1-4H3/t10-,11-,12-,13-/m1/s1. The summed E-state index contributed by atoms with van der Waals surface area (Å²) in [5.74, 6) is -0.828. The minimum Gasteiger partial charge on any atom is -0.341 e. The smallest absolute Gasteiger partial charge is 0.223 e. The van der Waals surface area contributed by atoms with Crippen LogP contribution in [0.4, 0.5) is 0 Å². The molecule has 4 atom stereocenters. The fourth-order valence-corrected chi connectivity index (χ4v) is 3.66. The minimum absolute atomic E-state index is 0.0363. The van der Waals surface area contributed by atoms with E-state index in [0.717, 1.165) is 5.01 Å². The van der Waals surface area contributed by atoms with E-state index in [2.05, 4.69) is 10.3 Å². The molecule has 4 nitrogen and oxygen atoms in total. The largest absolute Gasteiger partial charge is 0.341 e. The molecule has 0 bridgehead atoms. The summed E-state index contributed by atoms with van der Waals surface area (Å²) in [5.41, 5.74) is 0. The lowest BCUT2D eigenvalue weighted by Gasteiger charge is -2.34. The van der Waals surface area contributed by atoms with E-state index in [1.165, 1.54) is 0 Å². The van der Waals surface area contributed by atoms with Crippen molar-refractivity contribution in [2.45, 2.75) is 53.3 Å². The molecule has 1 heterocycles. The summed E-state index contributed by atoms with van der Waals surface area (Å²) in [6.45, 7) is 6.09. The maximum absolute atomic E-state index is 12.8. The molecule has 0 aliphatic rings. The number of rotatable bonds is 9. The molecular weight excluding hydrogens is 507 g/mol. The zero-order chi connectivity index (χ0) is 21.7. The van der Waals surface area contributed by atoms with E-state index < -0.39 is 13.5 Å². The average Bonchev–Trinajstić information content (AvgIpc) is 3.10. The van der Waals surface area contributed by atoms with Crippen LogP contribution in [-0.4, -0.2) is 43.0 Å². The van der Waals surface area contributed by atoms with Crippen LogP contribution in [0.15, 0.2) is 11.6 Å². The zero-order valence-electron chi connectivity index (χ0n) is 16.1. The molecule has 1 amide bonds. The van der Waals surface area contributed by atoms with Gasteiger partial charge in [0.05, 0.1) is 6.04 Å². The van der Waals surface area contributed by atoms with E-state index in [1.54, 1.807) is 36.4 Å². The van der Waals surface area contributed by atoms with Crippen molar-refractivity contribution in [1.82, 2.24) is 15.2 Å². The molecule has 0 aliphatic carbocycles. The van der Waals surface area contributed by atoms with Gasteiger partial charge in [-0.1, -0.05) is 83.5 Å². The van der Waals surface area contributed by atoms with Crippen LogP contribution in [0.5, 0.6) is 0 Å². The molecule has 162 valence electrons. The lowest BCUT2D eigenvalue weighted by atomic mass is 10.0. The minimum atomic E-state index is -1.51. The third kappa shape index (κ3) is 8.89. The molecule has 1 N–H and O–H groups in total. The average molecular weight is 532 g/mol. The van der Waals surface area contributed by atoms with Crippen molar-refractivity contribution >= 4 is 86.8 Å². The van der Waals surface area contributed by atoms with Crippen molar-refractivity contribution < 1.29 is 4.79 Å². The van der Waals surface area contributed by atoms with Gasteiger partial charge in [0.1, 0.15) is 5.01 Å². The van der Waals surface area contributed by atoms with E-state index in [-0.39, 0.29) is 30.3 Å². The van der Waals surface area contributed by atoms with Crippen LogP contribution in [0.3, 0.4) is 0 Å². The zero-order valence-corrected chi connectivity index (χ0v) is 21.4. The summed E-state index contributed by atoms with van der Waals surface area (Å²) in [7, 11) is 1.72.